The minimum absolute atomic E-state index is 0.183. The third-order valence-electron chi connectivity index (χ3n) is 3.67. The molecule has 3 aromatic rings. The topological polar surface area (TPSA) is 57.9 Å². The molecule has 0 bridgehead atoms. The van der Waals surface area contributed by atoms with Crippen molar-refractivity contribution in [3.05, 3.63) is 64.0 Å². The zero-order valence-corrected chi connectivity index (χ0v) is 13.8. The molecule has 0 aliphatic carbocycles. The van der Waals surface area contributed by atoms with Crippen LogP contribution in [0.4, 0.5) is 0 Å². The highest BCUT2D eigenvalue weighted by Gasteiger charge is 2.20. The quantitative estimate of drug-likeness (QED) is 0.715. The summed E-state index contributed by atoms with van der Waals surface area (Å²) in [7, 11) is 3.04. The molecule has 0 spiro atoms. The van der Waals surface area contributed by atoms with Crippen molar-refractivity contribution in [3.8, 4) is 17.2 Å². The third kappa shape index (κ3) is 2.93. The Morgan fingerprint density at radius 3 is 2.42 bits per heavy atom. The molecule has 0 atom stereocenters. The molecule has 5 heteroatoms. The Kier molecular flexibility index (Phi) is 4.42. The van der Waals surface area contributed by atoms with Crippen LogP contribution in [0.2, 0.25) is 0 Å². The van der Waals surface area contributed by atoms with Crippen LogP contribution in [-0.2, 0) is 6.61 Å². The Bertz CT molecular complexity index is 912. The summed E-state index contributed by atoms with van der Waals surface area (Å²) in [6.07, 6.45) is 0. The van der Waals surface area contributed by atoms with Crippen LogP contribution >= 0.6 is 0 Å². The molecule has 0 aliphatic rings. The van der Waals surface area contributed by atoms with Gasteiger partial charge in [-0.3, -0.25) is 4.79 Å². The van der Waals surface area contributed by atoms with E-state index in [0.717, 1.165) is 5.56 Å². The van der Waals surface area contributed by atoms with E-state index in [1.807, 2.05) is 30.3 Å². The van der Waals surface area contributed by atoms with Gasteiger partial charge in [-0.2, -0.15) is 0 Å². The van der Waals surface area contributed by atoms with Crippen molar-refractivity contribution in [2.24, 2.45) is 0 Å². The van der Waals surface area contributed by atoms with Gasteiger partial charge in [-0.05, 0) is 12.5 Å². The molecule has 5 nitrogen and oxygen atoms in total. The Labute approximate surface area is 139 Å². The van der Waals surface area contributed by atoms with E-state index in [-0.39, 0.29) is 5.43 Å². The van der Waals surface area contributed by atoms with Crippen molar-refractivity contribution < 1.29 is 18.6 Å². The SMILES string of the molecule is COc1cc2oc(C)cc(=O)c2c(OCc2ccccc2)c1OC. The molecule has 0 fully saturated rings. The highest BCUT2D eigenvalue weighted by Crippen LogP contribution is 2.42. The van der Waals surface area contributed by atoms with E-state index in [0.29, 0.717) is 40.6 Å². The number of aryl methyl sites for hydroxylation is 1. The smallest absolute Gasteiger partial charge is 0.204 e. The van der Waals surface area contributed by atoms with Gasteiger partial charge >= 0.3 is 0 Å². The number of benzene rings is 2. The highest BCUT2D eigenvalue weighted by molar-refractivity contribution is 5.89. The first-order chi connectivity index (χ1) is 11.6. The lowest BCUT2D eigenvalue weighted by Crippen LogP contribution is -2.07. The van der Waals surface area contributed by atoms with Crippen LogP contribution in [0.15, 0.2) is 51.7 Å². The number of methoxy groups -OCH3 is 2. The maximum atomic E-state index is 12.5. The molecule has 2 aromatic carbocycles. The summed E-state index contributed by atoms with van der Waals surface area (Å²) in [5.41, 5.74) is 1.20. The average Bonchev–Trinajstić information content (AvgIpc) is 2.59. The predicted molar refractivity (Wildman–Crippen MR) is 91.1 cm³/mol. The van der Waals surface area contributed by atoms with Crippen molar-refractivity contribution in [3.63, 3.8) is 0 Å². The zero-order valence-electron chi connectivity index (χ0n) is 13.8. The first-order valence-corrected chi connectivity index (χ1v) is 7.50. The van der Waals surface area contributed by atoms with Crippen molar-refractivity contribution in [2.75, 3.05) is 14.2 Å². The van der Waals surface area contributed by atoms with Crippen molar-refractivity contribution in [1.29, 1.82) is 0 Å². The summed E-state index contributed by atoms with van der Waals surface area (Å²) < 4.78 is 22.4. The van der Waals surface area contributed by atoms with Crippen LogP contribution in [0.25, 0.3) is 11.0 Å². The largest absolute Gasteiger partial charge is 0.493 e. The minimum Gasteiger partial charge on any atom is -0.493 e. The van der Waals surface area contributed by atoms with Crippen molar-refractivity contribution in [2.45, 2.75) is 13.5 Å². The van der Waals surface area contributed by atoms with Gasteiger partial charge in [0.15, 0.2) is 16.9 Å². The number of hydrogen-bond acceptors (Lipinski definition) is 5. The summed E-state index contributed by atoms with van der Waals surface area (Å²) >= 11 is 0. The van der Waals surface area contributed by atoms with Gasteiger partial charge in [0.25, 0.3) is 0 Å². The van der Waals surface area contributed by atoms with E-state index in [2.05, 4.69) is 0 Å². The average molecular weight is 326 g/mol. The fraction of sp³-hybridized carbons (Fsp3) is 0.211. The molecule has 0 unspecified atom stereocenters. The summed E-state index contributed by atoms with van der Waals surface area (Å²) in [5.74, 6) is 1.66. The van der Waals surface area contributed by atoms with Crippen molar-refractivity contribution in [1.82, 2.24) is 0 Å². The summed E-state index contributed by atoms with van der Waals surface area (Å²) in [5, 5.41) is 0.342. The summed E-state index contributed by atoms with van der Waals surface area (Å²) in [6, 6.07) is 12.8. The fourth-order valence-corrected chi connectivity index (χ4v) is 2.58. The van der Waals surface area contributed by atoms with Crippen LogP contribution in [0.5, 0.6) is 17.2 Å². The Morgan fingerprint density at radius 2 is 1.75 bits per heavy atom. The molecule has 0 saturated heterocycles. The molecule has 124 valence electrons. The van der Waals surface area contributed by atoms with E-state index in [4.69, 9.17) is 18.6 Å². The van der Waals surface area contributed by atoms with Crippen LogP contribution < -0.4 is 19.6 Å². The molecule has 3 rings (SSSR count). The highest BCUT2D eigenvalue weighted by atomic mass is 16.5. The van der Waals surface area contributed by atoms with Gasteiger partial charge in [-0.1, -0.05) is 30.3 Å². The van der Waals surface area contributed by atoms with Gasteiger partial charge in [0, 0.05) is 12.1 Å². The standard InChI is InChI=1S/C19H18O5/c1-12-9-14(20)17-15(24-12)10-16(21-2)18(22-3)19(17)23-11-13-7-5-4-6-8-13/h4-10H,11H2,1-3H3. The summed E-state index contributed by atoms with van der Waals surface area (Å²) in [6.45, 7) is 2.02. The predicted octanol–water partition coefficient (Wildman–Crippen LogP) is 3.70. The van der Waals surface area contributed by atoms with Crippen LogP contribution in [0.1, 0.15) is 11.3 Å². The molecular weight excluding hydrogens is 308 g/mol. The van der Waals surface area contributed by atoms with Gasteiger partial charge in [0.2, 0.25) is 5.75 Å². The molecule has 0 aliphatic heterocycles. The maximum absolute atomic E-state index is 12.5. The molecular formula is C19H18O5. The lowest BCUT2D eigenvalue weighted by Gasteiger charge is -2.16. The van der Waals surface area contributed by atoms with Gasteiger partial charge in [0.1, 0.15) is 23.3 Å². The van der Waals surface area contributed by atoms with E-state index < -0.39 is 0 Å². The fourth-order valence-electron chi connectivity index (χ4n) is 2.58. The first-order valence-electron chi connectivity index (χ1n) is 7.50. The lowest BCUT2D eigenvalue weighted by atomic mass is 10.1. The zero-order chi connectivity index (χ0) is 17.1. The Hall–Kier alpha value is -2.95. The van der Waals surface area contributed by atoms with Gasteiger partial charge in [-0.15, -0.1) is 0 Å². The summed E-state index contributed by atoms with van der Waals surface area (Å²) in [4.78, 5) is 12.5. The number of hydrogen-bond donors (Lipinski definition) is 0. The lowest BCUT2D eigenvalue weighted by molar-refractivity contribution is 0.278. The van der Waals surface area contributed by atoms with E-state index in [1.54, 1.807) is 13.0 Å². The van der Waals surface area contributed by atoms with E-state index in [9.17, 15) is 4.79 Å². The normalized spacial score (nSPS) is 10.6. The Morgan fingerprint density at radius 1 is 1.00 bits per heavy atom. The van der Waals surface area contributed by atoms with Gasteiger partial charge < -0.3 is 18.6 Å². The monoisotopic (exact) mass is 326 g/mol. The second kappa shape index (κ2) is 6.66. The molecule has 0 amide bonds. The second-order valence-corrected chi connectivity index (χ2v) is 5.31. The van der Waals surface area contributed by atoms with Crippen molar-refractivity contribution >= 4 is 11.0 Å². The number of fused-ring (bicyclic) bond motifs is 1. The van der Waals surface area contributed by atoms with Gasteiger partial charge in [-0.25, -0.2) is 0 Å². The molecule has 1 aromatic heterocycles. The number of ether oxygens (including phenoxy) is 3. The Balaban J connectivity index is 2.17. The molecule has 1 heterocycles. The van der Waals surface area contributed by atoms with Gasteiger partial charge in [0.05, 0.1) is 14.2 Å². The second-order valence-electron chi connectivity index (χ2n) is 5.31. The first kappa shape index (κ1) is 15.9. The molecule has 0 saturated carbocycles. The minimum atomic E-state index is -0.183. The molecule has 24 heavy (non-hydrogen) atoms. The molecule has 0 N–H and O–H groups in total. The number of rotatable bonds is 5. The van der Waals surface area contributed by atoms with Crippen LogP contribution in [-0.4, -0.2) is 14.2 Å². The third-order valence-corrected chi connectivity index (χ3v) is 3.67. The van der Waals surface area contributed by atoms with Crippen LogP contribution in [0.3, 0.4) is 0 Å². The van der Waals surface area contributed by atoms with E-state index in [1.165, 1.54) is 20.3 Å². The van der Waals surface area contributed by atoms with Crippen LogP contribution in [0, 0.1) is 6.92 Å². The van der Waals surface area contributed by atoms with E-state index >= 15 is 0 Å². The maximum Gasteiger partial charge on any atom is 0.204 e. The molecule has 0 radical (unpaired) electrons.